The largest absolute Gasteiger partial charge is 0.395 e. The van der Waals surface area contributed by atoms with Crippen LogP contribution in [0.15, 0.2) is 0 Å². The summed E-state index contributed by atoms with van der Waals surface area (Å²) in [6.45, 7) is 7.08. The summed E-state index contributed by atoms with van der Waals surface area (Å²) in [5.41, 5.74) is 0. The van der Waals surface area contributed by atoms with Gasteiger partial charge in [-0.1, -0.05) is 19.3 Å². The lowest BCUT2D eigenvalue weighted by Gasteiger charge is -2.30. The Morgan fingerprint density at radius 2 is 1.72 bits per heavy atom. The summed E-state index contributed by atoms with van der Waals surface area (Å²) >= 11 is 0. The molecule has 0 radical (unpaired) electrons. The highest BCUT2D eigenvalue weighted by Gasteiger charge is 2.19. The standard InChI is InChI=1S/C14H28N2O2/c1-13(2)16(10-11-17)12-14(18)15-8-6-4-3-5-7-9-15/h13,17H,3-12H2,1-2H3. The summed E-state index contributed by atoms with van der Waals surface area (Å²) in [5, 5.41) is 9.02. The minimum atomic E-state index is 0.117. The van der Waals surface area contributed by atoms with E-state index in [-0.39, 0.29) is 12.5 Å². The molecule has 4 nitrogen and oxygen atoms in total. The van der Waals surface area contributed by atoms with E-state index in [4.69, 9.17) is 5.11 Å². The third-order valence-corrected chi connectivity index (χ3v) is 3.66. The first kappa shape index (κ1) is 15.4. The molecule has 18 heavy (non-hydrogen) atoms. The molecule has 106 valence electrons. The van der Waals surface area contributed by atoms with Crippen LogP contribution in [0.5, 0.6) is 0 Å². The van der Waals surface area contributed by atoms with Gasteiger partial charge in [0, 0.05) is 25.7 Å². The summed E-state index contributed by atoms with van der Waals surface area (Å²) in [7, 11) is 0. The van der Waals surface area contributed by atoms with Gasteiger partial charge in [0.1, 0.15) is 0 Å². The van der Waals surface area contributed by atoms with E-state index in [1.807, 2.05) is 9.80 Å². The topological polar surface area (TPSA) is 43.8 Å². The van der Waals surface area contributed by atoms with Gasteiger partial charge < -0.3 is 10.0 Å². The molecule has 1 fully saturated rings. The first-order valence-electron chi connectivity index (χ1n) is 7.28. The molecule has 4 heteroatoms. The van der Waals surface area contributed by atoms with Crippen molar-refractivity contribution in [3.63, 3.8) is 0 Å². The van der Waals surface area contributed by atoms with E-state index in [0.29, 0.717) is 19.1 Å². The molecule has 0 aliphatic carbocycles. The van der Waals surface area contributed by atoms with Crippen LogP contribution < -0.4 is 0 Å². The van der Waals surface area contributed by atoms with E-state index in [9.17, 15) is 4.79 Å². The van der Waals surface area contributed by atoms with Crippen molar-refractivity contribution in [1.29, 1.82) is 0 Å². The average molecular weight is 256 g/mol. The van der Waals surface area contributed by atoms with Crippen LogP contribution in [-0.4, -0.2) is 59.6 Å². The second-order valence-electron chi connectivity index (χ2n) is 5.44. The molecule has 1 aliphatic heterocycles. The zero-order valence-electron chi connectivity index (χ0n) is 11.9. The summed E-state index contributed by atoms with van der Waals surface area (Å²) < 4.78 is 0. The fourth-order valence-electron chi connectivity index (χ4n) is 2.42. The van der Waals surface area contributed by atoms with Crippen molar-refractivity contribution in [1.82, 2.24) is 9.80 Å². The Bertz CT molecular complexity index is 236. The van der Waals surface area contributed by atoms with Gasteiger partial charge in [0.2, 0.25) is 5.91 Å². The molecular weight excluding hydrogens is 228 g/mol. The number of carbonyl (C=O) groups is 1. The van der Waals surface area contributed by atoms with Crippen molar-refractivity contribution in [2.75, 3.05) is 32.8 Å². The van der Waals surface area contributed by atoms with Gasteiger partial charge in [-0.15, -0.1) is 0 Å². The summed E-state index contributed by atoms with van der Waals surface area (Å²) in [5.74, 6) is 0.221. The second kappa shape index (κ2) is 8.48. The van der Waals surface area contributed by atoms with E-state index in [1.165, 1.54) is 19.3 Å². The lowest BCUT2D eigenvalue weighted by molar-refractivity contribution is -0.133. The van der Waals surface area contributed by atoms with Crippen molar-refractivity contribution in [3.8, 4) is 0 Å². The van der Waals surface area contributed by atoms with Crippen LogP contribution in [0.3, 0.4) is 0 Å². The number of rotatable bonds is 5. The lowest BCUT2D eigenvalue weighted by Crippen LogP contribution is -2.44. The summed E-state index contributed by atoms with van der Waals surface area (Å²) in [4.78, 5) is 16.3. The highest BCUT2D eigenvalue weighted by Crippen LogP contribution is 2.11. The van der Waals surface area contributed by atoms with Crippen molar-refractivity contribution in [3.05, 3.63) is 0 Å². The predicted molar refractivity (Wildman–Crippen MR) is 73.5 cm³/mol. The second-order valence-corrected chi connectivity index (χ2v) is 5.44. The maximum absolute atomic E-state index is 12.3. The molecule has 1 rings (SSSR count). The molecule has 0 atom stereocenters. The van der Waals surface area contributed by atoms with Gasteiger partial charge in [0.05, 0.1) is 13.2 Å². The van der Waals surface area contributed by atoms with Crippen LogP contribution in [0, 0.1) is 0 Å². The van der Waals surface area contributed by atoms with E-state index in [2.05, 4.69) is 13.8 Å². The zero-order valence-corrected chi connectivity index (χ0v) is 11.9. The van der Waals surface area contributed by atoms with Gasteiger partial charge in [0.15, 0.2) is 0 Å². The van der Waals surface area contributed by atoms with E-state index in [1.54, 1.807) is 0 Å². The minimum Gasteiger partial charge on any atom is -0.395 e. The molecule has 0 aromatic heterocycles. The third kappa shape index (κ3) is 5.36. The van der Waals surface area contributed by atoms with Gasteiger partial charge in [-0.3, -0.25) is 9.69 Å². The van der Waals surface area contributed by atoms with Crippen LogP contribution in [0.2, 0.25) is 0 Å². The molecular formula is C14H28N2O2. The lowest BCUT2D eigenvalue weighted by atomic mass is 10.1. The van der Waals surface area contributed by atoms with Crippen LogP contribution in [0.4, 0.5) is 0 Å². The molecule has 0 unspecified atom stereocenters. The molecule has 1 aliphatic rings. The average Bonchev–Trinajstić information content (AvgIpc) is 2.27. The number of nitrogens with zero attached hydrogens (tertiary/aromatic N) is 2. The maximum Gasteiger partial charge on any atom is 0.236 e. The highest BCUT2D eigenvalue weighted by atomic mass is 16.3. The Morgan fingerprint density at radius 1 is 1.17 bits per heavy atom. The molecule has 0 spiro atoms. The number of carbonyl (C=O) groups excluding carboxylic acids is 1. The van der Waals surface area contributed by atoms with Crippen molar-refractivity contribution >= 4 is 5.91 Å². The number of amides is 1. The number of aliphatic hydroxyl groups is 1. The Morgan fingerprint density at radius 3 is 2.22 bits per heavy atom. The number of hydrogen-bond donors (Lipinski definition) is 1. The fourth-order valence-corrected chi connectivity index (χ4v) is 2.42. The Balaban J connectivity index is 2.45. The van der Waals surface area contributed by atoms with Crippen molar-refractivity contribution < 1.29 is 9.90 Å². The monoisotopic (exact) mass is 256 g/mol. The van der Waals surface area contributed by atoms with Crippen LogP contribution in [0.1, 0.15) is 46.0 Å². The summed E-state index contributed by atoms with van der Waals surface area (Å²) in [6.07, 6.45) is 6.06. The van der Waals surface area contributed by atoms with E-state index < -0.39 is 0 Å². The molecule has 0 saturated carbocycles. The minimum absolute atomic E-state index is 0.117. The molecule has 0 aromatic rings. The van der Waals surface area contributed by atoms with Crippen LogP contribution in [0.25, 0.3) is 0 Å². The van der Waals surface area contributed by atoms with Crippen LogP contribution in [-0.2, 0) is 4.79 Å². The number of aliphatic hydroxyl groups excluding tert-OH is 1. The van der Waals surface area contributed by atoms with Crippen molar-refractivity contribution in [2.24, 2.45) is 0 Å². The third-order valence-electron chi connectivity index (χ3n) is 3.66. The SMILES string of the molecule is CC(C)N(CCO)CC(=O)N1CCCCCCC1. The Kier molecular flexibility index (Phi) is 7.28. The number of hydrogen-bond acceptors (Lipinski definition) is 3. The molecule has 0 bridgehead atoms. The molecule has 1 amide bonds. The van der Waals surface area contributed by atoms with Crippen molar-refractivity contribution in [2.45, 2.75) is 52.0 Å². The number of likely N-dealkylation sites (tertiary alicyclic amines) is 1. The van der Waals surface area contributed by atoms with E-state index >= 15 is 0 Å². The van der Waals surface area contributed by atoms with Gasteiger partial charge in [-0.2, -0.15) is 0 Å². The Hall–Kier alpha value is -0.610. The quantitative estimate of drug-likeness (QED) is 0.810. The smallest absolute Gasteiger partial charge is 0.236 e. The molecule has 1 heterocycles. The fraction of sp³-hybridized carbons (Fsp3) is 0.929. The van der Waals surface area contributed by atoms with E-state index in [0.717, 1.165) is 25.9 Å². The van der Waals surface area contributed by atoms with Gasteiger partial charge in [-0.05, 0) is 26.7 Å². The van der Waals surface area contributed by atoms with Crippen LogP contribution >= 0.6 is 0 Å². The summed E-state index contributed by atoms with van der Waals surface area (Å²) in [6, 6.07) is 0.302. The first-order valence-corrected chi connectivity index (χ1v) is 7.28. The maximum atomic E-state index is 12.3. The van der Waals surface area contributed by atoms with Gasteiger partial charge in [-0.25, -0.2) is 0 Å². The molecule has 1 N–H and O–H groups in total. The first-order chi connectivity index (χ1) is 8.65. The zero-order chi connectivity index (χ0) is 13.4. The Labute approximate surface area is 111 Å². The van der Waals surface area contributed by atoms with Gasteiger partial charge in [0.25, 0.3) is 0 Å². The predicted octanol–water partition coefficient (Wildman–Crippen LogP) is 1.48. The molecule has 0 aromatic carbocycles. The molecule has 1 saturated heterocycles. The van der Waals surface area contributed by atoms with Gasteiger partial charge >= 0.3 is 0 Å². The normalized spacial score (nSPS) is 17.9. The highest BCUT2D eigenvalue weighted by molar-refractivity contribution is 5.78.